The van der Waals surface area contributed by atoms with Crippen molar-refractivity contribution in [3.05, 3.63) is 88.2 Å². The summed E-state index contributed by atoms with van der Waals surface area (Å²) in [6.07, 6.45) is 2.51. The van der Waals surface area contributed by atoms with Gasteiger partial charge in [0.25, 0.3) is 5.91 Å². The Morgan fingerprint density at radius 3 is 2.58 bits per heavy atom. The van der Waals surface area contributed by atoms with Crippen molar-refractivity contribution in [1.82, 2.24) is 15.6 Å². The lowest BCUT2D eigenvalue weighted by Crippen LogP contribution is -2.29. The molecule has 0 aliphatic rings. The minimum absolute atomic E-state index is 0.0430. The number of thiophene rings is 1. The first-order valence-electron chi connectivity index (χ1n) is 12.8. The zero-order valence-electron chi connectivity index (χ0n) is 22.3. The lowest BCUT2D eigenvalue weighted by atomic mass is 10.0. The predicted octanol–water partition coefficient (Wildman–Crippen LogP) is 4.77. The quantitative estimate of drug-likeness (QED) is 0.178. The van der Waals surface area contributed by atoms with Crippen molar-refractivity contribution in [1.29, 1.82) is 0 Å². The normalized spacial score (nSPS) is 10.9. The fourth-order valence-electron chi connectivity index (χ4n) is 4.02. The van der Waals surface area contributed by atoms with E-state index in [4.69, 9.17) is 4.74 Å². The summed E-state index contributed by atoms with van der Waals surface area (Å²) in [5.74, 6) is 0.160. The van der Waals surface area contributed by atoms with E-state index in [2.05, 4.69) is 20.4 Å². The minimum atomic E-state index is -0.370. The number of esters is 1. The first kappa shape index (κ1) is 28.8. The number of Topliss-reactive ketones (excluding diaryl/α,β-unsaturated/α-hetero) is 1. The van der Waals surface area contributed by atoms with Crippen LogP contribution in [0.4, 0.5) is 4.39 Å². The molecule has 2 heterocycles. The molecule has 0 radical (unpaired) electrons. The number of amides is 1. The molecule has 8 nitrogen and oxygen atoms in total. The first-order valence-corrected chi connectivity index (χ1v) is 13.6. The van der Waals surface area contributed by atoms with Gasteiger partial charge in [-0.15, -0.1) is 11.3 Å². The van der Waals surface area contributed by atoms with Crippen molar-refractivity contribution in [2.75, 3.05) is 26.7 Å². The Hall–Kier alpha value is -4.15. The molecule has 2 aromatic carbocycles. The third-order valence-electron chi connectivity index (χ3n) is 6.05. The van der Waals surface area contributed by atoms with Gasteiger partial charge in [0.05, 0.1) is 28.7 Å². The van der Waals surface area contributed by atoms with Gasteiger partial charge in [0.2, 0.25) is 0 Å². The molecule has 0 unspecified atom stereocenters. The molecule has 0 fully saturated rings. The van der Waals surface area contributed by atoms with E-state index in [-0.39, 0.29) is 42.9 Å². The molecule has 0 saturated carbocycles. The number of carbonyl (C=O) groups is 3. The Labute approximate surface area is 235 Å². The van der Waals surface area contributed by atoms with Gasteiger partial charge in [0.15, 0.2) is 0 Å². The Morgan fingerprint density at radius 2 is 1.80 bits per heavy atom. The van der Waals surface area contributed by atoms with Crippen LogP contribution in [0.3, 0.4) is 0 Å². The summed E-state index contributed by atoms with van der Waals surface area (Å²) in [6, 6.07) is 15.4. The molecular formula is C30H30FN3O5S. The van der Waals surface area contributed by atoms with Gasteiger partial charge in [0.1, 0.15) is 23.1 Å². The molecular weight excluding hydrogens is 533 g/mol. The molecule has 2 N–H and O–H groups in total. The lowest BCUT2D eigenvalue weighted by molar-refractivity contribution is -0.139. The number of hydrogen-bond acceptors (Lipinski definition) is 8. The SMILES string of the molecule is COC(=O)CNCCCNC(=O)c1cc2nccc(Oc3ccc(CC(=O)Cc4cc(C)ccc4F)cc3)c2s1. The molecule has 0 bridgehead atoms. The van der Waals surface area contributed by atoms with E-state index < -0.39 is 0 Å². The smallest absolute Gasteiger partial charge is 0.319 e. The van der Waals surface area contributed by atoms with Gasteiger partial charge in [-0.3, -0.25) is 19.4 Å². The second kappa shape index (κ2) is 13.8. The van der Waals surface area contributed by atoms with Crippen LogP contribution in [0.15, 0.2) is 60.8 Å². The predicted molar refractivity (Wildman–Crippen MR) is 152 cm³/mol. The zero-order chi connectivity index (χ0) is 28.5. The number of aromatic nitrogens is 1. The van der Waals surface area contributed by atoms with Crippen molar-refractivity contribution < 1.29 is 28.2 Å². The van der Waals surface area contributed by atoms with E-state index in [9.17, 15) is 18.8 Å². The number of fused-ring (bicyclic) bond motifs is 1. The van der Waals surface area contributed by atoms with Crippen molar-refractivity contribution in [3.63, 3.8) is 0 Å². The third kappa shape index (κ3) is 7.93. The van der Waals surface area contributed by atoms with Crippen LogP contribution in [-0.2, 0) is 27.2 Å². The number of hydrogen-bond donors (Lipinski definition) is 2. The number of ketones is 1. The number of rotatable bonds is 13. The molecule has 0 atom stereocenters. The molecule has 208 valence electrons. The summed E-state index contributed by atoms with van der Waals surface area (Å²) in [5, 5.41) is 5.82. The molecule has 0 spiro atoms. The van der Waals surface area contributed by atoms with Crippen LogP contribution >= 0.6 is 11.3 Å². The second-order valence-electron chi connectivity index (χ2n) is 9.23. The topological polar surface area (TPSA) is 107 Å². The maximum absolute atomic E-state index is 14.0. The standard InChI is InChI=1S/C30H30FN3O5S/c1-19-4-9-24(31)21(14-19)16-22(35)15-20-5-7-23(8-6-20)39-26-10-13-33-25-17-27(40-29(25)26)30(37)34-12-3-11-32-18-28(36)38-2/h4-10,13-14,17,32H,3,11-12,15-16,18H2,1-2H3,(H,34,37). The van der Waals surface area contributed by atoms with Crippen LogP contribution in [0.1, 0.15) is 32.8 Å². The van der Waals surface area contributed by atoms with Crippen molar-refractivity contribution >= 4 is 39.2 Å². The van der Waals surface area contributed by atoms with Gasteiger partial charge in [-0.25, -0.2) is 4.39 Å². The fraction of sp³-hybridized carbons (Fsp3) is 0.267. The third-order valence-corrected chi connectivity index (χ3v) is 7.19. The molecule has 0 saturated heterocycles. The van der Waals surface area contributed by atoms with E-state index >= 15 is 0 Å². The molecule has 4 aromatic rings. The van der Waals surface area contributed by atoms with Crippen LogP contribution < -0.4 is 15.4 Å². The number of ether oxygens (including phenoxy) is 2. The van der Waals surface area contributed by atoms with Gasteiger partial charge in [-0.2, -0.15) is 0 Å². The number of carbonyl (C=O) groups excluding carboxylic acids is 3. The van der Waals surface area contributed by atoms with Gasteiger partial charge < -0.3 is 20.1 Å². The highest BCUT2D eigenvalue weighted by Gasteiger charge is 2.15. The summed E-state index contributed by atoms with van der Waals surface area (Å²) >= 11 is 1.29. The van der Waals surface area contributed by atoms with Gasteiger partial charge >= 0.3 is 5.97 Å². The van der Waals surface area contributed by atoms with Crippen LogP contribution in [-0.4, -0.2) is 49.4 Å². The second-order valence-corrected chi connectivity index (χ2v) is 10.3. The van der Waals surface area contributed by atoms with E-state index in [1.54, 1.807) is 42.6 Å². The highest BCUT2D eigenvalue weighted by Crippen LogP contribution is 2.35. The van der Waals surface area contributed by atoms with Crippen LogP contribution in [0, 0.1) is 12.7 Å². The number of aryl methyl sites for hydroxylation is 1. The summed E-state index contributed by atoms with van der Waals surface area (Å²) < 4.78 is 25.4. The number of halogens is 1. The summed E-state index contributed by atoms with van der Waals surface area (Å²) in [5.41, 5.74) is 2.78. The highest BCUT2D eigenvalue weighted by atomic mass is 32.1. The van der Waals surface area contributed by atoms with E-state index in [0.29, 0.717) is 47.0 Å². The molecule has 4 rings (SSSR count). The van der Waals surface area contributed by atoms with Crippen LogP contribution in [0.25, 0.3) is 10.2 Å². The fourth-order valence-corrected chi connectivity index (χ4v) is 5.00. The summed E-state index contributed by atoms with van der Waals surface area (Å²) in [7, 11) is 1.33. The number of benzene rings is 2. The monoisotopic (exact) mass is 563 g/mol. The molecule has 10 heteroatoms. The van der Waals surface area contributed by atoms with Crippen molar-refractivity contribution in [2.24, 2.45) is 0 Å². The van der Waals surface area contributed by atoms with Crippen LogP contribution in [0.5, 0.6) is 11.5 Å². The van der Waals surface area contributed by atoms with Crippen molar-refractivity contribution in [3.8, 4) is 11.5 Å². The Balaban J connectivity index is 1.32. The average molecular weight is 564 g/mol. The number of pyridine rings is 1. The Morgan fingerprint density at radius 1 is 1.00 bits per heavy atom. The number of nitrogens with zero attached hydrogens (tertiary/aromatic N) is 1. The lowest BCUT2D eigenvalue weighted by Gasteiger charge is -2.08. The van der Waals surface area contributed by atoms with E-state index in [0.717, 1.165) is 15.8 Å². The minimum Gasteiger partial charge on any atom is -0.468 e. The molecule has 1 amide bonds. The summed E-state index contributed by atoms with van der Waals surface area (Å²) in [4.78, 5) is 41.1. The zero-order valence-corrected chi connectivity index (χ0v) is 23.1. The average Bonchev–Trinajstić information content (AvgIpc) is 3.39. The van der Waals surface area contributed by atoms with E-state index in [1.807, 2.05) is 19.1 Å². The largest absolute Gasteiger partial charge is 0.468 e. The number of nitrogens with one attached hydrogen (secondary N) is 2. The first-order chi connectivity index (χ1) is 19.3. The number of methoxy groups -OCH3 is 1. The molecule has 0 aliphatic carbocycles. The Kier molecular flexibility index (Phi) is 9.93. The maximum Gasteiger partial charge on any atom is 0.319 e. The van der Waals surface area contributed by atoms with Gasteiger partial charge in [-0.05, 0) is 55.3 Å². The highest BCUT2D eigenvalue weighted by molar-refractivity contribution is 7.21. The van der Waals surface area contributed by atoms with Crippen LogP contribution in [0.2, 0.25) is 0 Å². The molecule has 40 heavy (non-hydrogen) atoms. The summed E-state index contributed by atoms with van der Waals surface area (Å²) in [6.45, 7) is 3.02. The maximum atomic E-state index is 14.0. The van der Waals surface area contributed by atoms with Gasteiger partial charge in [-0.1, -0.05) is 29.8 Å². The van der Waals surface area contributed by atoms with Gasteiger partial charge in [0, 0.05) is 31.6 Å². The molecule has 0 aliphatic heterocycles. The molecule has 2 aromatic heterocycles. The van der Waals surface area contributed by atoms with Crippen molar-refractivity contribution in [2.45, 2.75) is 26.2 Å². The Bertz CT molecular complexity index is 1500. The van der Waals surface area contributed by atoms with E-state index in [1.165, 1.54) is 24.5 Å².